The van der Waals surface area contributed by atoms with Gasteiger partial charge in [-0.25, -0.2) is 0 Å². The van der Waals surface area contributed by atoms with E-state index in [4.69, 9.17) is 4.52 Å². The molecule has 3 heterocycles. The Morgan fingerprint density at radius 2 is 1.96 bits per heavy atom. The largest absolute Gasteiger partial charge is 0.453 e. The van der Waals surface area contributed by atoms with Gasteiger partial charge in [-0.1, -0.05) is 5.16 Å². The first-order valence-electron chi connectivity index (χ1n) is 7.82. The summed E-state index contributed by atoms with van der Waals surface area (Å²) in [6.45, 7) is 4.83. The highest BCUT2D eigenvalue weighted by Crippen LogP contribution is 2.30. The van der Waals surface area contributed by atoms with Crippen molar-refractivity contribution >= 4 is 23.2 Å². The summed E-state index contributed by atoms with van der Waals surface area (Å²) in [5, 5.41) is 17.0. The van der Waals surface area contributed by atoms with E-state index in [0.717, 1.165) is 0 Å². The van der Waals surface area contributed by atoms with Gasteiger partial charge in [0.2, 0.25) is 5.91 Å². The predicted octanol–water partition coefficient (Wildman–Crippen LogP) is 2.13. The molecule has 27 heavy (non-hydrogen) atoms. The Labute approximate surface area is 151 Å². The Morgan fingerprint density at radius 3 is 2.56 bits per heavy atom. The van der Waals surface area contributed by atoms with Crippen molar-refractivity contribution < 1.29 is 22.5 Å². The van der Waals surface area contributed by atoms with Gasteiger partial charge in [-0.3, -0.25) is 4.79 Å². The number of hydrogen-bond donors (Lipinski definition) is 1. The van der Waals surface area contributed by atoms with Gasteiger partial charge in [-0.05, 0) is 20.8 Å². The van der Waals surface area contributed by atoms with Crippen molar-refractivity contribution in [3.8, 4) is 0 Å². The quantitative estimate of drug-likeness (QED) is 0.736. The molecule has 144 valence electrons. The number of likely N-dealkylation sites (N-methyl/N-ethyl adjacent to an activating group) is 1. The van der Waals surface area contributed by atoms with Crippen molar-refractivity contribution in [3.63, 3.8) is 0 Å². The van der Waals surface area contributed by atoms with E-state index in [1.54, 1.807) is 33.9 Å². The summed E-state index contributed by atoms with van der Waals surface area (Å²) in [4.78, 5) is 13.6. The molecule has 1 amide bonds. The van der Waals surface area contributed by atoms with Crippen LogP contribution < -0.4 is 10.2 Å². The number of nitrogens with one attached hydrogen (secondary N) is 1. The molecule has 0 atom stereocenters. The highest BCUT2D eigenvalue weighted by Gasteiger charge is 2.38. The van der Waals surface area contributed by atoms with Crippen LogP contribution in [0.15, 0.2) is 10.6 Å². The van der Waals surface area contributed by atoms with Crippen LogP contribution in [0.2, 0.25) is 0 Å². The van der Waals surface area contributed by atoms with Gasteiger partial charge in [-0.15, -0.1) is 15.3 Å². The summed E-state index contributed by atoms with van der Waals surface area (Å²) in [6.07, 6.45) is -4.70. The minimum atomic E-state index is -4.70. The lowest BCUT2D eigenvalue weighted by atomic mass is 10.2. The first-order valence-corrected chi connectivity index (χ1v) is 7.82. The Balaban J connectivity index is 1.90. The predicted molar refractivity (Wildman–Crippen MR) is 88.4 cm³/mol. The van der Waals surface area contributed by atoms with Gasteiger partial charge in [0.05, 0.1) is 6.54 Å². The number of carbonyl (C=O) groups is 1. The maximum atomic E-state index is 13.1. The Morgan fingerprint density at radius 1 is 1.26 bits per heavy atom. The summed E-state index contributed by atoms with van der Waals surface area (Å²) < 4.78 is 44.8. The lowest BCUT2D eigenvalue weighted by Gasteiger charge is -2.20. The number of rotatable bonds is 4. The standard InChI is InChI=1S/C15H16F3N7O2/c1-7-5-10(23-27-7)19-11(26)6-24(4)13-9(3)8(2)12-20-21-14(15(16,17)18)25(12)22-13/h5H,6H2,1-4H3,(H,19,23,26). The van der Waals surface area contributed by atoms with Gasteiger partial charge in [0.15, 0.2) is 17.3 Å². The number of anilines is 2. The molecule has 0 bridgehead atoms. The monoisotopic (exact) mass is 383 g/mol. The van der Waals surface area contributed by atoms with Crippen LogP contribution in [-0.4, -0.2) is 44.5 Å². The van der Waals surface area contributed by atoms with E-state index in [9.17, 15) is 18.0 Å². The first-order chi connectivity index (χ1) is 12.6. The topological polar surface area (TPSA) is 101 Å². The number of hydrogen-bond acceptors (Lipinski definition) is 7. The third-order valence-electron chi connectivity index (χ3n) is 3.96. The number of halogens is 3. The van der Waals surface area contributed by atoms with E-state index in [-0.39, 0.29) is 23.8 Å². The fourth-order valence-corrected chi connectivity index (χ4v) is 2.55. The van der Waals surface area contributed by atoms with Gasteiger partial charge < -0.3 is 14.7 Å². The van der Waals surface area contributed by atoms with E-state index in [1.807, 2.05) is 0 Å². The van der Waals surface area contributed by atoms with Gasteiger partial charge >= 0.3 is 6.18 Å². The molecule has 9 nitrogen and oxygen atoms in total. The van der Waals surface area contributed by atoms with Crippen molar-refractivity contribution in [2.75, 3.05) is 23.8 Å². The molecule has 3 rings (SSSR count). The normalized spacial score (nSPS) is 11.8. The fourth-order valence-electron chi connectivity index (χ4n) is 2.55. The first kappa shape index (κ1) is 18.6. The fraction of sp³-hybridized carbons (Fsp3) is 0.400. The molecule has 3 aromatic rings. The Bertz CT molecular complexity index is 1010. The Hall–Kier alpha value is -3.18. The van der Waals surface area contributed by atoms with Crippen LogP contribution >= 0.6 is 0 Å². The van der Waals surface area contributed by atoms with E-state index >= 15 is 0 Å². The molecule has 0 saturated heterocycles. The van der Waals surface area contributed by atoms with Crippen molar-refractivity contribution in [2.45, 2.75) is 26.9 Å². The third kappa shape index (κ3) is 3.55. The zero-order valence-electron chi connectivity index (χ0n) is 14.9. The highest BCUT2D eigenvalue weighted by atomic mass is 19.4. The van der Waals surface area contributed by atoms with Crippen LogP contribution in [0.5, 0.6) is 0 Å². The summed E-state index contributed by atoms with van der Waals surface area (Å²) >= 11 is 0. The Kier molecular flexibility index (Phi) is 4.49. The molecule has 0 radical (unpaired) electrons. The molecule has 12 heteroatoms. The van der Waals surface area contributed by atoms with Gasteiger partial charge in [0, 0.05) is 24.2 Å². The number of nitrogens with zero attached hydrogens (tertiary/aromatic N) is 6. The number of aryl methyl sites for hydroxylation is 2. The van der Waals surface area contributed by atoms with Crippen molar-refractivity contribution in [1.29, 1.82) is 0 Å². The maximum Gasteiger partial charge on any atom is 0.453 e. The van der Waals surface area contributed by atoms with Gasteiger partial charge in [0.1, 0.15) is 5.76 Å². The number of alkyl halides is 3. The molecule has 0 spiro atoms. The van der Waals surface area contributed by atoms with Gasteiger partial charge in [0.25, 0.3) is 5.82 Å². The average molecular weight is 383 g/mol. The minimum absolute atomic E-state index is 0.0134. The molecule has 0 saturated carbocycles. The lowest BCUT2D eigenvalue weighted by Crippen LogP contribution is -2.32. The molecule has 0 aliphatic carbocycles. The van der Waals surface area contributed by atoms with Crippen LogP contribution in [0.4, 0.5) is 24.8 Å². The number of fused-ring (bicyclic) bond motifs is 1. The van der Waals surface area contributed by atoms with Crippen LogP contribution in [-0.2, 0) is 11.0 Å². The third-order valence-corrected chi connectivity index (χ3v) is 3.96. The summed E-state index contributed by atoms with van der Waals surface area (Å²) in [5.74, 6) is -0.663. The van der Waals surface area contributed by atoms with Crippen molar-refractivity contribution in [1.82, 2.24) is 25.0 Å². The molecule has 0 unspecified atom stereocenters. The molecule has 0 aliphatic heterocycles. The summed E-state index contributed by atoms with van der Waals surface area (Å²) in [6, 6.07) is 1.55. The van der Waals surface area contributed by atoms with E-state index in [2.05, 4.69) is 25.8 Å². The molecule has 0 aliphatic rings. The zero-order valence-corrected chi connectivity index (χ0v) is 14.9. The number of carbonyl (C=O) groups excluding carboxylic acids is 1. The average Bonchev–Trinajstić information content (AvgIpc) is 3.16. The maximum absolute atomic E-state index is 13.1. The molecule has 0 fully saturated rings. The highest BCUT2D eigenvalue weighted by molar-refractivity contribution is 5.93. The molecular weight excluding hydrogens is 367 g/mol. The molecule has 3 aromatic heterocycles. The SMILES string of the molecule is Cc1cc(NC(=O)CN(C)c2nn3c(C(F)(F)F)nnc3c(C)c2C)no1. The van der Waals surface area contributed by atoms with Crippen LogP contribution in [0.1, 0.15) is 22.7 Å². The zero-order chi connectivity index (χ0) is 19.9. The van der Waals surface area contributed by atoms with E-state index in [1.165, 1.54) is 4.90 Å². The molecule has 1 N–H and O–H groups in total. The van der Waals surface area contributed by atoms with Gasteiger partial charge in [-0.2, -0.15) is 17.7 Å². The second kappa shape index (κ2) is 6.52. The second-order valence-electron chi connectivity index (χ2n) is 6.06. The minimum Gasteiger partial charge on any atom is -0.360 e. The molecular formula is C15H16F3N7O2. The van der Waals surface area contributed by atoms with Crippen LogP contribution in [0, 0.1) is 20.8 Å². The van der Waals surface area contributed by atoms with Crippen molar-refractivity contribution in [2.24, 2.45) is 0 Å². The lowest BCUT2D eigenvalue weighted by molar-refractivity contribution is -0.146. The second-order valence-corrected chi connectivity index (χ2v) is 6.06. The van der Waals surface area contributed by atoms with E-state index < -0.39 is 17.9 Å². The van der Waals surface area contributed by atoms with Crippen LogP contribution in [0.3, 0.4) is 0 Å². The molecule has 0 aromatic carbocycles. The van der Waals surface area contributed by atoms with Crippen molar-refractivity contribution in [3.05, 3.63) is 28.8 Å². The number of amides is 1. The summed E-state index contributed by atoms with van der Waals surface area (Å²) in [7, 11) is 1.55. The van der Waals surface area contributed by atoms with Crippen LogP contribution in [0.25, 0.3) is 5.65 Å². The van der Waals surface area contributed by atoms with E-state index in [0.29, 0.717) is 21.4 Å². The smallest absolute Gasteiger partial charge is 0.360 e. The summed E-state index contributed by atoms with van der Waals surface area (Å²) in [5.41, 5.74) is 1.10. The number of aromatic nitrogens is 5.